The molecule has 2 saturated heterocycles. The van der Waals surface area contributed by atoms with E-state index in [-0.39, 0.29) is 39.8 Å². The SMILES string of the molecule is Br.N=C1SC2CS(=O)(=O)CC2N1/N=C/c1cccnc1. The molecule has 0 aliphatic carbocycles. The zero-order valence-corrected chi connectivity index (χ0v) is 13.7. The molecule has 108 valence electrons. The van der Waals surface area contributed by atoms with E-state index in [4.69, 9.17) is 5.41 Å². The number of thioether (sulfide) groups is 1. The number of fused-ring (bicyclic) bond motifs is 1. The molecule has 2 aliphatic heterocycles. The molecule has 2 aliphatic rings. The number of amidine groups is 1. The molecule has 2 atom stereocenters. The quantitative estimate of drug-likeness (QED) is 0.782. The van der Waals surface area contributed by atoms with E-state index in [1.165, 1.54) is 16.8 Å². The van der Waals surface area contributed by atoms with Crippen LogP contribution in [-0.4, -0.2) is 52.6 Å². The van der Waals surface area contributed by atoms with Gasteiger partial charge in [0.2, 0.25) is 0 Å². The van der Waals surface area contributed by atoms with Crippen LogP contribution in [0.15, 0.2) is 29.6 Å². The standard InChI is InChI=1S/C11H12N4O2S2.BrH/c12-11-15(14-5-8-2-1-3-13-4-8)9-6-19(16,17)7-10(9)18-11;/h1-5,9-10,12H,6-7H2;1H/b12-11?,14-5+;. The number of hydrogen-bond donors (Lipinski definition) is 1. The number of aromatic nitrogens is 1. The maximum Gasteiger partial charge on any atom is 0.177 e. The molecule has 1 aromatic rings. The summed E-state index contributed by atoms with van der Waals surface area (Å²) in [4.78, 5) is 3.97. The second-order valence-electron chi connectivity index (χ2n) is 4.48. The van der Waals surface area contributed by atoms with Crippen molar-refractivity contribution < 1.29 is 8.42 Å². The van der Waals surface area contributed by atoms with Crippen molar-refractivity contribution in [3.8, 4) is 0 Å². The fourth-order valence-electron chi connectivity index (χ4n) is 2.20. The number of rotatable bonds is 2. The van der Waals surface area contributed by atoms with Crippen LogP contribution in [0.2, 0.25) is 0 Å². The molecule has 0 aromatic carbocycles. The fraction of sp³-hybridized carbons (Fsp3) is 0.364. The number of halogens is 1. The highest BCUT2D eigenvalue weighted by molar-refractivity contribution is 8.93. The van der Waals surface area contributed by atoms with Gasteiger partial charge in [-0.15, -0.1) is 17.0 Å². The third-order valence-electron chi connectivity index (χ3n) is 3.07. The predicted molar refractivity (Wildman–Crippen MR) is 85.5 cm³/mol. The highest BCUT2D eigenvalue weighted by Crippen LogP contribution is 2.37. The maximum atomic E-state index is 11.6. The number of sulfone groups is 1. The normalized spacial score (nSPS) is 27.6. The van der Waals surface area contributed by atoms with Gasteiger partial charge in [-0.3, -0.25) is 10.4 Å². The van der Waals surface area contributed by atoms with Crippen molar-refractivity contribution in [2.24, 2.45) is 5.10 Å². The van der Waals surface area contributed by atoms with Gasteiger partial charge in [-0.05, 0) is 6.07 Å². The van der Waals surface area contributed by atoms with Crippen LogP contribution in [0, 0.1) is 5.41 Å². The van der Waals surface area contributed by atoms with Crippen LogP contribution >= 0.6 is 28.7 Å². The lowest BCUT2D eigenvalue weighted by atomic mass is 10.2. The monoisotopic (exact) mass is 376 g/mol. The molecule has 1 aromatic heterocycles. The summed E-state index contributed by atoms with van der Waals surface area (Å²) in [5.74, 6) is 0.223. The van der Waals surface area contributed by atoms with Crippen LogP contribution < -0.4 is 0 Å². The van der Waals surface area contributed by atoms with E-state index in [0.717, 1.165) is 5.56 Å². The molecule has 9 heteroatoms. The summed E-state index contributed by atoms with van der Waals surface area (Å²) in [6.07, 6.45) is 4.94. The van der Waals surface area contributed by atoms with Gasteiger partial charge in [0.15, 0.2) is 15.0 Å². The third kappa shape index (κ3) is 3.04. The maximum absolute atomic E-state index is 11.6. The summed E-state index contributed by atoms with van der Waals surface area (Å²) < 4.78 is 23.2. The number of hydrazone groups is 1. The van der Waals surface area contributed by atoms with Crippen molar-refractivity contribution in [2.75, 3.05) is 11.5 Å². The van der Waals surface area contributed by atoms with E-state index in [9.17, 15) is 8.42 Å². The first-order valence-electron chi connectivity index (χ1n) is 5.74. The van der Waals surface area contributed by atoms with Gasteiger partial charge in [0.25, 0.3) is 0 Å². The fourth-order valence-corrected chi connectivity index (χ4v) is 5.92. The molecule has 3 rings (SSSR count). The highest BCUT2D eigenvalue weighted by Gasteiger charge is 2.48. The lowest BCUT2D eigenvalue weighted by molar-refractivity contribution is 0.376. The van der Waals surface area contributed by atoms with E-state index in [1.807, 2.05) is 6.07 Å². The van der Waals surface area contributed by atoms with E-state index < -0.39 is 9.84 Å². The van der Waals surface area contributed by atoms with Crippen molar-refractivity contribution in [3.63, 3.8) is 0 Å². The topological polar surface area (TPSA) is 86.5 Å². The Hall–Kier alpha value is -0.930. The van der Waals surface area contributed by atoms with Crippen LogP contribution in [0.4, 0.5) is 0 Å². The van der Waals surface area contributed by atoms with Gasteiger partial charge in [-0.25, -0.2) is 13.4 Å². The molecule has 3 heterocycles. The number of pyridine rings is 1. The van der Waals surface area contributed by atoms with Crippen molar-refractivity contribution in [3.05, 3.63) is 30.1 Å². The molecule has 0 bridgehead atoms. The number of hydrogen-bond acceptors (Lipinski definition) is 6. The van der Waals surface area contributed by atoms with Gasteiger partial charge < -0.3 is 0 Å². The molecule has 2 fully saturated rings. The largest absolute Gasteiger partial charge is 0.277 e. The first kappa shape index (κ1) is 15.5. The molecule has 0 radical (unpaired) electrons. The first-order valence-corrected chi connectivity index (χ1v) is 8.44. The van der Waals surface area contributed by atoms with Gasteiger partial charge >= 0.3 is 0 Å². The summed E-state index contributed by atoms with van der Waals surface area (Å²) >= 11 is 1.28. The zero-order chi connectivity index (χ0) is 13.5. The van der Waals surface area contributed by atoms with Gasteiger partial charge in [-0.1, -0.05) is 17.8 Å². The predicted octanol–water partition coefficient (Wildman–Crippen LogP) is 1.14. The number of nitrogens with zero attached hydrogens (tertiary/aromatic N) is 3. The Balaban J connectivity index is 0.00000147. The molecule has 2 unspecified atom stereocenters. The first-order chi connectivity index (χ1) is 9.05. The van der Waals surface area contributed by atoms with Gasteiger partial charge in [0.05, 0.1) is 23.8 Å². The van der Waals surface area contributed by atoms with Crippen LogP contribution in [0.5, 0.6) is 0 Å². The zero-order valence-electron chi connectivity index (χ0n) is 10.3. The van der Waals surface area contributed by atoms with Crippen molar-refractivity contribution in [1.29, 1.82) is 5.41 Å². The minimum atomic E-state index is -2.99. The van der Waals surface area contributed by atoms with Crippen LogP contribution in [0.3, 0.4) is 0 Å². The Kier molecular flexibility index (Phi) is 4.50. The molecule has 0 spiro atoms. The highest BCUT2D eigenvalue weighted by atomic mass is 79.9. The molecular formula is C11H13BrN4O2S2. The van der Waals surface area contributed by atoms with Crippen LogP contribution in [-0.2, 0) is 9.84 Å². The lowest BCUT2D eigenvalue weighted by Gasteiger charge is -2.17. The van der Waals surface area contributed by atoms with Crippen molar-refractivity contribution >= 4 is 50.0 Å². The molecule has 0 amide bonds. The van der Waals surface area contributed by atoms with E-state index in [0.29, 0.717) is 5.17 Å². The van der Waals surface area contributed by atoms with E-state index in [2.05, 4.69) is 10.1 Å². The average molecular weight is 377 g/mol. The molecule has 0 saturated carbocycles. The molecule has 1 N–H and O–H groups in total. The summed E-state index contributed by atoms with van der Waals surface area (Å²) in [5.41, 5.74) is 0.824. The van der Waals surface area contributed by atoms with Crippen molar-refractivity contribution in [2.45, 2.75) is 11.3 Å². The smallest absolute Gasteiger partial charge is 0.177 e. The Bertz CT molecular complexity index is 635. The van der Waals surface area contributed by atoms with Gasteiger partial charge in [0.1, 0.15) is 0 Å². The lowest BCUT2D eigenvalue weighted by Crippen LogP contribution is -2.32. The van der Waals surface area contributed by atoms with E-state index in [1.54, 1.807) is 24.7 Å². The number of nitrogens with one attached hydrogen (secondary N) is 1. The summed E-state index contributed by atoms with van der Waals surface area (Å²) in [5, 5.41) is 13.9. The Morgan fingerprint density at radius 1 is 1.50 bits per heavy atom. The summed E-state index contributed by atoms with van der Waals surface area (Å²) in [6, 6.07) is 3.44. The minimum absolute atomic E-state index is 0. The van der Waals surface area contributed by atoms with Crippen LogP contribution in [0.1, 0.15) is 5.56 Å². The Morgan fingerprint density at radius 3 is 3.00 bits per heavy atom. The second kappa shape index (κ2) is 5.82. The summed E-state index contributed by atoms with van der Waals surface area (Å²) in [7, 11) is -2.99. The average Bonchev–Trinajstić information content (AvgIpc) is 2.79. The minimum Gasteiger partial charge on any atom is -0.277 e. The molecular weight excluding hydrogens is 364 g/mol. The summed E-state index contributed by atoms with van der Waals surface area (Å²) in [6.45, 7) is 0. The second-order valence-corrected chi connectivity index (χ2v) is 7.86. The van der Waals surface area contributed by atoms with Crippen LogP contribution in [0.25, 0.3) is 0 Å². The Labute approximate surface area is 131 Å². The molecule has 6 nitrogen and oxygen atoms in total. The van der Waals surface area contributed by atoms with Gasteiger partial charge in [0, 0.05) is 23.2 Å². The Morgan fingerprint density at radius 2 is 2.30 bits per heavy atom. The van der Waals surface area contributed by atoms with E-state index >= 15 is 0 Å². The molecule has 20 heavy (non-hydrogen) atoms. The third-order valence-corrected chi connectivity index (χ3v) is 6.19. The van der Waals surface area contributed by atoms with Crippen molar-refractivity contribution in [1.82, 2.24) is 9.99 Å². The van der Waals surface area contributed by atoms with Gasteiger partial charge in [-0.2, -0.15) is 5.10 Å².